The molecule has 32 heavy (non-hydrogen) atoms. The zero-order chi connectivity index (χ0) is 22.8. The van der Waals surface area contributed by atoms with E-state index in [2.05, 4.69) is 32.8 Å². The molecule has 3 heterocycles. The number of rotatable bonds is 7. The monoisotopic (exact) mass is 491 g/mol. The van der Waals surface area contributed by atoms with Gasteiger partial charge in [0.05, 0.1) is 18.1 Å². The van der Waals surface area contributed by atoms with Crippen LogP contribution in [0.1, 0.15) is 46.1 Å². The minimum atomic E-state index is -0.422. The molecule has 1 N–H and O–H groups in total. The van der Waals surface area contributed by atoms with Gasteiger partial charge in [-0.15, -0.1) is 21.5 Å². The van der Waals surface area contributed by atoms with Crippen molar-refractivity contribution in [3.8, 4) is 11.4 Å². The van der Waals surface area contributed by atoms with Crippen LogP contribution >= 0.6 is 34.4 Å². The molecule has 3 aromatic heterocycles. The molecule has 0 spiro atoms. The highest BCUT2D eigenvalue weighted by molar-refractivity contribution is 7.99. The van der Waals surface area contributed by atoms with Gasteiger partial charge in [0.25, 0.3) is 0 Å². The molecule has 0 saturated carbocycles. The molecule has 0 saturated heterocycles. The molecule has 1 aliphatic rings. The number of thiophene rings is 1. The van der Waals surface area contributed by atoms with Gasteiger partial charge < -0.3 is 14.6 Å². The third-order valence-corrected chi connectivity index (χ3v) is 8.44. The van der Waals surface area contributed by atoms with Gasteiger partial charge in [0, 0.05) is 22.9 Å². The Morgan fingerprint density at radius 2 is 2.19 bits per heavy atom. The fraction of sp³-hybridized carbons (Fsp3) is 0.476. The molecule has 0 aliphatic heterocycles. The Morgan fingerprint density at radius 1 is 1.38 bits per heavy atom. The average Bonchev–Trinajstić information content (AvgIpc) is 3.43. The van der Waals surface area contributed by atoms with E-state index in [1.54, 1.807) is 25.2 Å². The summed E-state index contributed by atoms with van der Waals surface area (Å²) in [5.74, 6) is 1.10. The van der Waals surface area contributed by atoms with Gasteiger partial charge in [-0.3, -0.25) is 4.79 Å². The number of nitrogens with zero attached hydrogens (tertiary/aromatic N) is 4. The quantitative estimate of drug-likeness (QED) is 0.388. The van der Waals surface area contributed by atoms with E-state index in [4.69, 9.17) is 4.74 Å². The molecule has 0 radical (unpaired) electrons. The van der Waals surface area contributed by atoms with Gasteiger partial charge >= 0.3 is 5.97 Å². The van der Waals surface area contributed by atoms with Gasteiger partial charge in [-0.1, -0.05) is 30.0 Å². The van der Waals surface area contributed by atoms with Crippen LogP contribution in [0.2, 0.25) is 0 Å². The van der Waals surface area contributed by atoms with Crippen molar-refractivity contribution in [2.45, 2.75) is 45.2 Å². The molecular weight excluding hydrogens is 466 g/mol. The Kier molecular flexibility index (Phi) is 6.96. The van der Waals surface area contributed by atoms with Crippen molar-refractivity contribution in [3.05, 3.63) is 26.4 Å². The number of aromatic nitrogens is 4. The molecule has 1 amide bonds. The Bertz CT molecular complexity index is 1150. The molecular formula is C21H25N5O3S3. The normalized spacial score (nSPS) is 15.4. The van der Waals surface area contributed by atoms with Crippen molar-refractivity contribution in [1.29, 1.82) is 0 Å². The van der Waals surface area contributed by atoms with E-state index in [1.165, 1.54) is 28.6 Å². The third-order valence-electron chi connectivity index (χ3n) is 5.31. The Morgan fingerprint density at radius 3 is 2.97 bits per heavy atom. The molecule has 4 rings (SSSR count). The zero-order valence-electron chi connectivity index (χ0n) is 18.4. The van der Waals surface area contributed by atoms with E-state index >= 15 is 0 Å². The molecule has 3 aromatic rings. The first-order valence-corrected chi connectivity index (χ1v) is 13.1. The minimum absolute atomic E-state index is 0.165. The number of thioether (sulfide) groups is 1. The van der Waals surface area contributed by atoms with Crippen molar-refractivity contribution in [3.63, 3.8) is 0 Å². The first-order valence-electron chi connectivity index (χ1n) is 10.4. The van der Waals surface area contributed by atoms with Crippen molar-refractivity contribution in [1.82, 2.24) is 19.7 Å². The number of carbonyl (C=O) groups excluding carboxylic acids is 2. The van der Waals surface area contributed by atoms with Crippen molar-refractivity contribution in [2.24, 2.45) is 13.0 Å². The summed E-state index contributed by atoms with van der Waals surface area (Å²) in [7, 11) is 1.93. The van der Waals surface area contributed by atoms with Crippen LogP contribution in [-0.2, 0) is 29.4 Å². The number of amides is 1. The second-order valence-electron chi connectivity index (χ2n) is 7.76. The van der Waals surface area contributed by atoms with E-state index in [-0.39, 0.29) is 11.7 Å². The Balaban J connectivity index is 1.39. The number of ether oxygens (including phenoxy) is 1. The maximum absolute atomic E-state index is 12.4. The molecule has 1 aliphatic carbocycles. The predicted molar refractivity (Wildman–Crippen MR) is 128 cm³/mol. The van der Waals surface area contributed by atoms with Crippen LogP contribution in [0.5, 0.6) is 0 Å². The number of hydrogen-bond donors (Lipinski definition) is 1. The second kappa shape index (κ2) is 9.72. The van der Waals surface area contributed by atoms with Crippen LogP contribution in [0.4, 0.5) is 5.13 Å². The largest absolute Gasteiger partial charge is 0.462 e. The van der Waals surface area contributed by atoms with E-state index in [1.807, 2.05) is 11.6 Å². The molecule has 11 heteroatoms. The summed E-state index contributed by atoms with van der Waals surface area (Å²) in [4.78, 5) is 30.5. The smallest absolute Gasteiger partial charge is 0.350 e. The fourth-order valence-corrected chi connectivity index (χ4v) is 6.49. The molecule has 0 unspecified atom stereocenters. The molecule has 8 nitrogen and oxygen atoms in total. The standard InChI is InChI=1S/C21H25N5O3S3/c1-5-29-19(28)17-12(3)22-20(32-17)23-16(27)10-31-21-25-24-18(26(21)4)14-9-30-15-8-11(2)6-7-13(14)15/h9,11H,5-8,10H2,1-4H3,(H,22,23,27)/t11-/m0/s1. The summed E-state index contributed by atoms with van der Waals surface area (Å²) in [6, 6.07) is 0. The van der Waals surface area contributed by atoms with E-state index in [9.17, 15) is 9.59 Å². The van der Waals surface area contributed by atoms with Crippen molar-refractivity contribution < 1.29 is 14.3 Å². The number of aryl methyl sites for hydroxylation is 1. The topological polar surface area (TPSA) is 99.0 Å². The summed E-state index contributed by atoms with van der Waals surface area (Å²) in [5.41, 5.74) is 3.10. The van der Waals surface area contributed by atoms with Crippen LogP contribution in [0.15, 0.2) is 10.5 Å². The van der Waals surface area contributed by atoms with Crippen LogP contribution in [-0.4, -0.2) is 44.0 Å². The van der Waals surface area contributed by atoms with E-state index < -0.39 is 5.97 Å². The lowest BCUT2D eigenvalue weighted by Crippen LogP contribution is -2.14. The number of esters is 1. The maximum atomic E-state index is 12.4. The fourth-order valence-electron chi connectivity index (χ4n) is 3.66. The van der Waals surface area contributed by atoms with Gasteiger partial charge in [0.15, 0.2) is 16.1 Å². The molecule has 0 aromatic carbocycles. The van der Waals surface area contributed by atoms with Gasteiger partial charge in [-0.25, -0.2) is 9.78 Å². The van der Waals surface area contributed by atoms with E-state index in [0.29, 0.717) is 27.5 Å². The summed E-state index contributed by atoms with van der Waals surface area (Å²) in [5, 5.41) is 14.7. The van der Waals surface area contributed by atoms with Gasteiger partial charge in [-0.05, 0) is 44.6 Å². The number of hydrogen-bond acceptors (Lipinski definition) is 9. The number of nitrogens with one attached hydrogen (secondary N) is 1. The van der Waals surface area contributed by atoms with Gasteiger partial charge in [-0.2, -0.15) is 0 Å². The Hall–Kier alpha value is -2.24. The number of thiazole rings is 1. The molecule has 0 fully saturated rings. The lowest BCUT2D eigenvalue weighted by atomic mass is 9.88. The lowest BCUT2D eigenvalue weighted by molar-refractivity contribution is -0.113. The average molecular weight is 492 g/mol. The third kappa shape index (κ3) is 4.74. The summed E-state index contributed by atoms with van der Waals surface area (Å²) >= 11 is 4.24. The minimum Gasteiger partial charge on any atom is -0.462 e. The first kappa shape index (κ1) is 22.9. The van der Waals surface area contributed by atoms with Crippen LogP contribution in [0.25, 0.3) is 11.4 Å². The van der Waals surface area contributed by atoms with Crippen LogP contribution in [0, 0.1) is 12.8 Å². The molecule has 0 bridgehead atoms. The predicted octanol–water partition coefficient (Wildman–Crippen LogP) is 4.34. The van der Waals surface area contributed by atoms with Gasteiger partial charge in [0.1, 0.15) is 4.88 Å². The van der Waals surface area contributed by atoms with Crippen LogP contribution < -0.4 is 5.32 Å². The first-order chi connectivity index (χ1) is 15.4. The maximum Gasteiger partial charge on any atom is 0.350 e. The van der Waals surface area contributed by atoms with Crippen molar-refractivity contribution in [2.75, 3.05) is 17.7 Å². The summed E-state index contributed by atoms with van der Waals surface area (Å²) < 4.78 is 6.96. The molecule has 170 valence electrons. The van der Waals surface area contributed by atoms with Crippen molar-refractivity contribution >= 4 is 51.4 Å². The summed E-state index contributed by atoms with van der Waals surface area (Å²) in [6.45, 7) is 6.06. The molecule has 1 atom stereocenters. The highest BCUT2D eigenvalue weighted by Gasteiger charge is 2.24. The Labute approximate surface area is 198 Å². The SMILES string of the molecule is CCOC(=O)c1sc(NC(=O)CSc2nnc(-c3csc4c3CC[C@H](C)C4)n2C)nc1C. The number of carbonyl (C=O) groups is 2. The van der Waals surface area contributed by atoms with E-state index in [0.717, 1.165) is 41.5 Å². The van der Waals surface area contributed by atoms with Gasteiger partial charge in [0.2, 0.25) is 5.91 Å². The number of fused-ring (bicyclic) bond motifs is 1. The lowest BCUT2D eigenvalue weighted by Gasteiger charge is -2.18. The summed E-state index contributed by atoms with van der Waals surface area (Å²) in [6.07, 6.45) is 3.41. The zero-order valence-corrected chi connectivity index (χ0v) is 20.9. The van der Waals surface area contributed by atoms with Crippen LogP contribution in [0.3, 0.4) is 0 Å². The number of anilines is 1. The highest BCUT2D eigenvalue weighted by Crippen LogP contribution is 2.38. The highest BCUT2D eigenvalue weighted by atomic mass is 32.2. The second-order valence-corrected chi connectivity index (χ2v) is 10.7.